The van der Waals surface area contributed by atoms with E-state index in [0.717, 1.165) is 6.54 Å². The highest BCUT2D eigenvalue weighted by molar-refractivity contribution is 7.91. The normalized spacial score (nSPS) is 21.1. The molecule has 0 unspecified atom stereocenters. The van der Waals surface area contributed by atoms with Gasteiger partial charge < -0.3 is 10.1 Å². The zero-order chi connectivity index (χ0) is 15.4. The molecule has 1 N–H and O–H groups in total. The van der Waals surface area contributed by atoms with Crippen molar-refractivity contribution in [3.8, 4) is 0 Å². The second kappa shape index (κ2) is 6.73. The molecule has 1 aliphatic heterocycles. The molecule has 0 atom stereocenters. The summed E-state index contributed by atoms with van der Waals surface area (Å²) in [6.45, 7) is 14.0. The van der Waals surface area contributed by atoms with Crippen molar-refractivity contribution in [2.24, 2.45) is 0 Å². The maximum Gasteiger partial charge on any atom is 0.152 e. The SMILES string of the molecule is CC(C)(C)NCCOCC(C)(C)N1CCS(=O)(=O)CC1. The fraction of sp³-hybridized carbons (Fsp3) is 1.00. The number of ether oxygens (including phenoxy) is 1. The summed E-state index contributed by atoms with van der Waals surface area (Å²) in [5.41, 5.74) is -0.00220. The lowest BCUT2D eigenvalue weighted by Crippen LogP contribution is -2.54. The molecule has 0 aromatic heterocycles. The van der Waals surface area contributed by atoms with E-state index in [4.69, 9.17) is 4.74 Å². The van der Waals surface area contributed by atoms with Crippen LogP contribution in [0.2, 0.25) is 0 Å². The molecule has 0 aromatic rings. The van der Waals surface area contributed by atoms with Crippen LogP contribution >= 0.6 is 0 Å². The van der Waals surface area contributed by atoms with Gasteiger partial charge in [-0.3, -0.25) is 4.90 Å². The summed E-state index contributed by atoms with van der Waals surface area (Å²) in [5, 5.41) is 3.38. The van der Waals surface area contributed by atoms with E-state index in [-0.39, 0.29) is 22.6 Å². The number of hydrogen-bond donors (Lipinski definition) is 1. The quantitative estimate of drug-likeness (QED) is 0.739. The first kappa shape index (κ1) is 17.9. The molecule has 5 nitrogen and oxygen atoms in total. The molecular formula is C14H30N2O3S. The van der Waals surface area contributed by atoms with Crippen LogP contribution in [0.4, 0.5) is 0 Å². The summed E-state index contributed by atoms with van der Waals surface area (Å²) in [6.07, 6.45) is 0. The van der Waals surface area contributed by atoms with Crippen LogP contribution < -0.4 is 5.32 Å². The molecule has 0 aliphatic carbocycles. The molecule has 6 heteroatoms. The lowest BCUT2D eigenvalue weighted by atomic mass is 10.0. The third-order valence-electron chi connectivity index (χ3n) is 3.56. The van der Waals surface area contributed by atoms with Gasteiger partial charge in [0, 0.05) is 30.7 Å². The minimum atomic E-state index is -2.81. The van der Waals surface area contributed by atoms with E-state index in [1.165, 1.54) is 0 Å². The Morgan fingerprint density at radius 2 is 1.65 bits per heavy atom. The van der Waals surface area contributed by atoms with E-state index in [0.29, 0.717) is 26.3 Å². The van der Waals surface area contributed by atoms with Crippen molar-refractivity contribution in [2.75, 3.05) is 44.4 Å². The van der Waals surface area contributed by atoms with Crippen molar-refractivity contribution < 1.29 is 13.2 Å². The van der Waals surface area contributed by atoms with Crippen LogP contribution in [0, 0.1) is 0 Å². The molecule has 120 valence electrons. The third-order valence-corrected chi connectivity index (χ3v) is 5.17. The maximum atomic E-state index is 11.5. The first-order valence-corrected chi connectivity index (χ1v) is 9.12. The van der Waals surface area contributed by atoms with Crippen LogP contribution in [0.1, 0.15) is 34.6 Å². The molecule has 1 rings (SSSR count). The fourth-order valence-electron chi connectivity index (χ4n) is 2.23. The van der Waals surface area contributed by atoms with Gasteiger partial charge in [-0.15, -0.1) is 0 Å². The highest BCUT2D eigenvalue weighted by Gasteiger charge is 2.32. The van der Waals surface area contributed by atoms with Crippen LogP contribution in [0.25, 0.3) is 0 Å². The maximum absolute atomic E-state index is 11.5. The lowest BCUT2D eigenvalue weighted by Gasteiger charge is -2.40. The Labute approximate surface area is 124 Å². The molecule has 1 fully saturated rings. The first-order chi connectivity index (χ1) is 9.02. The van der Waals surface area contributed by atoms with Gasteiger partial charge in [0.1, 0.15) is 0 Å². The molecule has 0 bridgehead atoms. The van der Waals surface area contributed by atoms with Gasteiger partial charge in [0.2, 0.25) is 0 Å². The number of nitrogens with zero attached hydrogens (tertiary/aromatic N) is 1. The number of hydrogen-bond acceptors (Lipinski definition) is 5. The molecule has 0 amide bonds. The largest absolute Gasteiger partial charge is 0.378 e. The van der Waals surface area contributed by atoms with E-state index in [2.05, 4.69) is 44.8 Å². The average Bonchev–Trinajstić information content (AvgIpc) is 2.26. The molecular weight excluding hydrogens is 276 g/mol. The van der Waals surface area contributed by atoms with Crippen molar-refractivity contribution in [3.63, 3.8) is 0 Å². The Balaban J connectivity index is 2.28. The van der Waals surface area contributed by atoms with E-state index in [9.17, 15) is 8.42 Å². The van der Waals surface area contributed by atoms with Crippen molar-refractivity contribution in [2.45, 2.75) is 45.7 Å². The molecule has 1 heterocycles. The summed E-state index contributed by atoms with van der Waals surface area (Å²) in [7, 11) is -2.81. The van der Waals surface area contributed by atoms with Gasteiger partial charge in [-0.25, -0.2) is 8.42 Å². The fourth-order valence-corrected chi connectivity index (χ4v) is 3.43. The van der Waals surface area contributed by atoms with Gasteiger partial charge in [-0.1, -0.05) is 0 Å². The average molecular weight is 306 g/mol. The second-order valence-corrected chi connectivity index (χ2v) is 9.48. The summed E-state index contributed by atoms with van der Waals surface area (Å²) >= 11 is 0. The summed E-state index contributed by atoms with van der Waals surface area (Å²) in [5.74, 6) is 0.532. The molecule has 1 saturated heterocycles. The zero-order valence-corrected chi connectivity index (χ0v) is 14.3. The van der Waals surface area contributed by atoms with Gasteiger partial charge in [0.25, 0.3) is 0 Å². The zero-order valence-electron chi connectivity index (χ0n) is 13.5. The predicted octanol–water partition coefficient (Wildman–Crippen LogP) is 0.900. The summed E-state index contributed by atoms with van der Waals surface area (Å²) < 4.78 is 28.6. The Morgan fingerprint density at radius 1 is 1.10 bits per heavy atom. The third kappa shape index (κ3) is 6.52. The van der Waals surface area contributed by atoms with Crippen LogP contribution in [0.5, 0.6) is 0 Å². The Morgan fingerprint density at radius 3 is 2.15 bits per heavy atom. The van der Waals surface area contributed by atoms with Gasteiger partial charge >= 0.3 is 0 Å². The number of sulfone groups is 1. The van der Waals surface area contributed by atoms with Gasteiger partial charge in [0.05, 0.1) is 24.7 Å². The van der Waals surface area contributed by atoms with Crippen molar-refractivity contribution in [3.05, 3.63) is 0 Å². The van der Waals surface area contributed by atoms with Gasteiger partial charge in [0.15, 0.2) is 9.84 Å². The topological polar surface area (TPSA) is 58.6 Å². The number of rotatable bonds is 6. The highest BCUT2D eigenvalue weighted by Crippen LogP contribution is 2.18. The van der Waals surface area contributed by atoms with Crippen molar-refractivity contribution in [1.82, 2.24) is 10.2 Å². The summed E-state index contributed by atoms with van der Waals surface area (Å²) in [4.78, 5) is 2.21. The smallest absolute Gasteiger partial charge is 0.152 e. The molecule has 0 aromatic carbocycles. The van der Waals surface area contributed by atoms with E-state index in [1.807, 2.05) is 0 Å². The molecule has 0 spiro atoms. The van der Waals surface area contributed by atoms with Crippen molar-refractivity contribution in [1.29, 1.82) is 0 Å². The van der Waals surface area contributed by atoms with Crippen LogP contribution in [0.3, 0.4) is 0 Å². The molecule has 0 radical (unpaired) electrons. The molecule has 20 heavy (non-hydrogen) atoms. The highest BCUT2D eigenvalue weighted by atomic mass is 32.2. The van der Waals surface area contributed by atoms with E-state index >= 15 is 0 Å². The van der Waals surface area contributed by atoms with E-state index < -0.39 is 9.84 Å². The van der Waals surface area contributed by atoms with E-state index in [1.54, 1.807) is 0 Å². The Bertz CT molecular complexity index is 385. The van der Waals surface area contributed by atoms with Gasteiger partial charge in [-0.05, 0) is 34.6 Å². The summed E-state index contributed by atoms with van der Waals surface area (Å²) in [6, 6.07) is 0. The van der Waals surface area contributed by atoms with Crippen molar-refractivity contribution >= 4 is 9.84 Å². The van der Waals surface area contributed by atoms with Gasteiger partial charge in [-0.2, -0.15) is 0 Å². The predicted molar refractivity (Wildman–Crippen MR) is 82.9 cm³/mol. The first-order valence-electron chi connectivity index (χ1n) is 7.30. The monoisotopic (exact) mass is 306 g/mol. The lowest BCUT2D eigenvalue weighted by molar-refractivity contribution is 0.0157. The van der Waals surface area contributed by atoms with Crippen LogP contribution in [-0.4, -0.2) is 68.7 Å². The number of nitrogens with one attached hydrogen (secondary N) is 1. The minimum Gasteiger partial charge on any atom is -0.378 e. The Kier molecular flexibility index (Phi) is 6.01. The van der Waals surface area contributed by atoms with Crippen LogP contribution in [0.15, 0.2) is 0 Å². The van der Waals surface area contributed by atoms with Crippen LogP contribution in [-0.2, 0) is 14.6 Å². The standard InChI is InChI=1S/C14H30N2O3S/c1-13(2,3)15-6-9-19-12-14(4,5)16-7-10-20(17,18)11-8-16/h15H,6-12H2,1-5H3. The molecule has 1 aliphatic rings. The Hall–Kier alpha value is -0.170. The molecule has 0 saturated carbocycles. The second-order valence-electron chi connectivity index (χ2n) is 7.18. The minimum absolute atomic E-state index is 0.111.